The Balaban J connectivity index is 0.00000228. The van der Waals surface area contributed by atoms with Crippen molar-refractivity contribution in [3.8, 4) is 0 Å². The molecular formula is C24H29N3Na2O5S2. The molecule has 184 valence electrons. The summed E-state index contributed by atoms with van der Waals surface area (Å²) in [6.07, 6.45) is 5.71. The predicted octanol–water partition coefficient (Wildman–Crippen LogP) is 1.68. The summed E-state index contributed by atoms with van der Waals surface area (Å²) in [5.74, 6) is 0.221. The molecule has 1 aliphatic carbocycles. The maximum absolute atomic E-state index is 13.9. The van der Waals surface area contributed by atoms with Crippen molar-refractivity contribution in [2.75, 3.05) is 11.3 Å². The molecule has 0 bridgehead atoms. The van der Waals surface area contributed by atoms with E-state index in [1.165, 1.54) is 12.2 Å². The second-order valence-corrected chi connectivity index (χ2v) is 12.0. The number of nitrogens with two attached hydrogens (primary N) is 1. The average Bonchev–Trinajstić information content (AvgIpc) is 3.28. The number of rotatable bonds is 8. The van der Waals surface area contributed by atoms with E-state index in [4.69, 9.17) is 9.88 Å². The molecule has 2 aromatic carbocycles. The van der Waals surface area contributed by atoms with Gasteiger partial charge in [-0.05, 0) is 41.3 Å². The normalized spacial score (nSPS) is 19.4. The third kappa shape index (κ3) is 6.20. The van der Waals surface area contributed by atoms with Gasteiger partial charge in [0.2, 0.25) is 14.1 Å². The molecule has 0 radical (unpaired) electrons. The van der Waals surface area contributed by atoms with Crippen LogP contribution >= 0.6 is 0 Å². The molecule has 36 heavy (non-hydrogen) atoms. The maximum atomic E-state index is 13.9. The second kappa shape index (κ2) is 12.8. The van der Waals surface area contributed by atoms with Gasteiger partial charge < -0.3 is 10.1 Å². The molecule has 4 rings (SSSR count). The molecule has 0 amide bonds. The van der Waals surface area contributed by atoms with Crippen molar-refractivity contribution in [2.24, 2.45) is 5.14 Å². The van der Waals surface area contributed by atoms with Crippen LogP contribution in [-0.2, 0) is 37.9 Å². The summed E-state index contributed by atoms with van der Waals surface area (Å²) in [7, 11) is -9.30. The van der Waals surface area contributed by atoms with Gasteiger partial charge in [-0.1, -0.05) is 60.7 Å². The summed E-state index contributed by atoms with van der Waals surface area (Å²) < 4.78 is 59.8. The number of hydrogen-bond donors (Lipinski definition) is 3. The number of benzene rings is 2. The summed E-state index contributed by atoms with van der Waals surface area (Å²) in [5.41, 5.74) is 2.86. The zero-order valence-electron chi connectivity index (χ0n) is 18.7. The van der Waals surface area contributed by atoms with Crippen LogP contribution in [0.4, 0.5) is 5.69 Å². The zero-order chi connectivity index (χ0) is 24.4. The van der Waals surface area contributed by atoms with Gasteiger partial charge in [-0.25, -0.2) is 22.0 Å². The first kappa shape index (κ1) is 31.3. The van der Waals surface area contributed by atoms with Gasteiger partial charge in [0.15, 0.2) is 0 Å². The third-order valence-electron chi connectivity index (χ3n) is 5.91. The average molecular weight is 550 g/mol. The Morgan fingerprint density at radius 1 is 1.00 bits per heavy atom. The molecule has 0 spiro atoms. The summed E-state index contributed by atoms with van der Waals surface area (Å²) in [4.78, 5) is 0. The van der Waals surface area contributed by atoms with E-state index in [1.54, 1.807) is 31.2 Å². The summed E-state index contributed by atoms with van der Waals surface area (Å²) in [5, 5.41) is 8.87. The fourth-order valence-electron chi connectivity index (χ4n) is 4.24. The Hall–Kier alpha value is -0.920. The topological polar surface area (TPSA) is 128 Å². The van der Waals surface area contributed by atoms with Crippen LogP contribution in [0.25, 0.3) is 6.08 Å². The van der Waals surface area contributed by atoms with Crippen LogP contribution < -0.4 is 15.2 Å². The molecule has 12 heteroatoms. The van der Waals surface area contributed by atoms with Gasteiger partial charge in [0.25, 0.3) is 10.0 Å². The van der Waals surface area contributed by atoms with Gasteiger partial charge in [0.05, 0.1) is 18.1 Å². The van der Waals surface area contributed by atoms with Crippen LogP contribution in [0.2, 0.25) is 0 Å². The molecule has 1 aliphatic heterocycles. The van der Waals surface area contributed by atoms with Crippen LogP contribution in [0.15, 0.2) is 78.1 Å². The van der Waals surface area contributed by atoms with E-state index >= 15 is 0 Å². The zero-order valence-corrected chi connectivity index (χ0v) is 20.3. The fourth-order valence-corrected chi connectivity index (χ4v) is 7.82. The van der Waals surface area contributed by atoms with Crippen LogP contribution in [0.3, 0.4) is 0 Å². The van der Waals surface area contributed by atoms with Gasteiger partial charge in [-0.3, -0.25) is 4.72 Å². The van der Waals surface area contributed by atoms with Crippen molar-refractivity contribution in [2.45, 2.75) is 30.5 Å². The number of hydrogen-bond acceptors (Lipinski definition) is 6. The molecule has 8 nitrogen and oxygen atoms in total. The van der Waals surface area contributed by atoms with Crippen molar-refractivity contribution in [1.29, 1.82) is 0 Å². The summed E-state index contributed by atoms with van der Waals surface area (Å²) in [6.45, 7) is 3.06. The standard InChI is InChI=1S/C24H27N3O5S2.2Na.2H/c1-2-32-21-14-13-20(12-11-18-7-4-3-5-8-18)24(15-21,33(25,28)29)34(30,31)27-23-10-6-9-19-16-26-17-22(19)23;;;;/h3-14,26-27H,2,15-17H2,1H3,(H2,25,28,29);;;;. The van der Waals surface area contributed by atoms with Gasteiger partial charge in [0, 0.05) is 19.5 Å². The Morgan fingerprint density at radius 3 is 2.39 bits per heavy atom. The van der Waals surface area contributed by atoms with Crippen molar-refractivity contribution in [1.82, 2.24) is 5.32 Å². The number of sulfonamides is 2. The van der Waals surface area contributed by atoms with Crippen LogP contribution in [0.1, 0.15) is 30.0 Å². The molecule has 1 heterocycles. The number of ether oxygens (including phenoxy) is 1. The van der Waals surface area contributed by atoms with Crippen LogP contribution in [0, 0.1) is 0 Å². The van der Waals surface area contributed by atoms with Crippen molar-refractivity contribution in [3.05, 3.63) is 94.8 Å². The van der Waals surface area contributed by atoms with E-state index in [9.17, 15) is 16.8 Å². The molecule has 0 saturated carbocycles. The van der Waals surface area contributed by atoms with Crippen molar-refractivity contribution in [3.63, 3.8) is 0 Å². The fraction of sp³-hybridized carbons (Fsp3) is 0.250. The summed E-state index contributed by atoms with van der Waals surface area (Å²) in [6, 6.07) is 14.4. The van der Waals surface area contributed by atoms with E-state index in [-0.39, 0.29) is 77.1 Å². The predicted molar refractivity (Wildman–Crippen MR) is 148 cm³/mol. The molecular weight excluding hydrogens is 520 g/mol. The van der Waals surface area contributed by atoms with Gasteiger partial charge in [0.1, 0.15) is 0 Å². The number of anilines is 1. The van der Waals surface area contributed by atoms with Crippen LogP contribution in [-0.4, -0.2) is 86.6 Å². The van der Waals surface area contributed by atoms with Crippen molar-refractivity contribution < 1.29 is 21.6 Å². The minimum atomic E-state index is -4.69. The van der Waals surface area contributed by atoms with E-state index in [0.29, 0.717) is 18.8 Å². The van der Waals surface area contributed by atoms with Gasteiger partial charge >= 0.3 is 59.1 Å². The summed E-state index contributed by atoms with van der Waals surface area (Å²) >= 11 is 0. The van der Waals surface area contributed by atoms with E-state index in [2.05, 4.69) is 10.0 Å². The van der Waals surface area contributed by atoms with Crippen molar-refractivity contribution >= 4 is 90.9 Å². The number of nitrogens with one attached hydrogen (secondary N) is 2. The Bertz CT molecular complexity index is 1390. The quantitative estimate of drug-likeness (QED) is 0.430. The molecule has 4 N–H and O–H groups in total. The number of allylic oxidation sites excluding steroid dienone is 4. The monoisotopic (exact) mass is 549 g/mol. The Kier molecular flexibility index (Phi) is 11.1. The van der Waals surface area contributed by atoms with E-state index < -0.39 is 30.5 Å². The second-order valence-electron chi connectivity index (χ2n) is 8.06. The Labute approximate surface area is 257 Å². The molecule has 0 aromatic heterocycles. The molecule has 1 atom stereocenters. The first-order valence-corrected chi connectivity index (χ1v) is 13.8. The minimum absolute atomic E-state index is 0. The van der Waals surface area contributed by atoms with E-state index in [0.717, 1.165) is 16.7 Å². The van der Waals surface area contributed by atoms with Gasteiger partial charge in [-0.2, -0.15) is 0 Å². The molecule has 0 saturated heterocycles. The van der Waals surface area contributed by atoms with E-state index in [1.807, 2.05) is 36.4 Å². The molecule has 0 fully saturated rings. The Morgan fingerprint density at radius 2 is 1.72 bits per heavy atom. The third-order valence-corrected chi connectivity index (χ3v) is 10.3. The van der Waals surface area contributed by atoms with Gasteiger partial charge in [-0.15, -0.1) is 0 Å². The number of fused-ring (bicyclic) bond motifs is 1. The van der Waals surface area contributed by atoms with Crippen LogP contribution in [0.5, 0.6) is 0 Å². The molecule has 2 aromatic rings. The first-order chi connectivity index (χ1) is 16.2. The first-order valence-electron chi connectivity index (χ1n) is 10.8. The molecule has 1 unspecified atom stereocenters. The number of primary sulfonamides is 1. The molecule has 2 aliphatic rings. The SMILES string of the molecule is CCOC1=CC=C(C=Cc2ccccc2)C(S(N)(=O)=O)(S(=O)(=O)Nc2cccc3c2CNC3)C1.[NaH].[NaH].